The van der Waals surface area contributed by atoms with Crippen molar-refractivity contribution in [3.63, 3.8) is 0 Å². The normalized spacial score (nSPS) is 23.8. The van der Waals surface area contributed by atoms with Gasteiger partial charge in [-0.3, -0.25) is 0 Å². The molecule has 2 fully saturated rings. The van der Waals surface area contributed by atoms with E-state index >= 15 is 0 Å². The van der Waals surface area contributed by atoms with E-state index in [-0.39, 0.29) is 45.8 Å². The molecule has 0 aliphatic heterocycles. The van der Waals surface area contributed by atoms with Crippen LogP contribution in [0.4, 0.5) is 8.78 Å². The second-order valence-electron chi connectivity index (χ2n) is 21.8. The largest absolute Gasteiger partial charge is 0.416 e. The zero-order valence-electron chi connectivity index (χ0n) is 38.8. The molecule has 4 aromatic rings. The van der Waals surface area contributed by atoms with Crippen LogP contribution in [0.15, 0.2) is 72.1 Å². The molecule has 0 spiro atoms. The van der Waals surface area contributed by atoms with E-state index in [0.717, 1.165) is 74.1 Å². The summed E-state index contributed by atoms with van der Waals surface area (Å²) in [6.07, 6.45) is 16.1. The van der Waals surface area contributed by atoms with Crippen LogP contribution in [0.3, 0.4) is 0 Å². The number of aromatic nitrogens is 4. The van der Waals surface area contributed by atoms with E-state index in [2.05, 4.69) is 90.1 Å². The number of nitrogens with zero attached hydrogens (tertiary/aromatic N) is 4. The molecule has 0 saturated heterocycles. The lowest BCUT2D eigenvalue weighted by Crippen LogP contribution is -2.47. The summed E-state index contributed by atoms with van der Waals surface area (Å²) in [5.41, 5.74) is 8.98. The van der Waals surface area contributed by atoms with Gasteiger partial charge in [-0.1, -0.05) is 52.7 Å². The summed E-state index contributed by atoms with van der Waals surface area (Å²) >= 11 is 0. The molecule has 0 radical (unpaired) electrons. The van der Waals surface area contributed by atoms with E-state index in [1.54, 1.807) is 24.3 Å². The van der Waals surface area contributed by atoms with E-state index in [1.165, 1.54) is 46.5 Å². The standard InChI is InChI=1S/2C25H35FN2O2Si/c2*1-24(2,3)31(4,5)30-17-25-13-18(16-29)6-7-20(25)12-23-19(14-25)15-27-28(23)22-10-8-21(26)9-11-22/h2*8-12,15,18,29H,6-7,13-14,16-17H2,1-5H3/t18-,25+;18-,25-/m10/s1. The molecule has 0 amide bonds. The predicted molar refractivity (Wildman–Crippen MR) is 250 cm³/mol. The molecular formula is C50H70F2N4O4Si2. The smallest absolute Gasteiger partial charge is 0.192 e. The molecule has 4 aliphatic rings. The fourth-order valence-corrected chi connectivity index (χ4v) is 11.6. The first-order valence-corrected chi connectivity index (χ1v) is 28.5. The predicted octanol–water partition coefficient (Wildman–Crippen LogP) is 11.5. The highest BCUT2D eigenvalue weighted by Gasteiger charge is 2.48. The summed E-state index contributed by atoms with van der Waals surface area (Å²) in [7, 11) is -3.79. The van der Waals surface area contributed by atoms with Crippen molar-refractivity contribution < 1.29 is 27.8 Å². The Labute approximate surface area is 370 Å². The summed E-state index contributed by atoms with van der Waals surface area (Å²) < 4.78 is 44.1. The Morgan fingerprint density at radius 2 is 0.984 bits per heavy atom. The maximum absolute atomic E-state index is 13.4. The number of benzene rings is 2. The molecule has 2 aromatic carbocycles. The van der Waals surface area contributed by atoms with Crippen LogP contribution in [-0.2, 0) is 21.7 Å². The van der Waals surface area contributed by atoms with Crippen molar-refractivity contribution in [1.29, 1.82) is 0 Å². The van der Waals surface area contributed by atoms with Crippen molar-refractivity contribution >= 4 is 28.8 Å². The number of aliphatic hydroxyl groups is 2. The molecule has 0 bridgehead atoms. The summed E-state index contributed by atoms with van der Waals surface area (Å²) in [5.74, 6) is 0.141. The van der Waals surface area contributed by atoms with Gasteiger partial charge in [0, 0.05) is 37.3 Å². The van der Waals surface area contributed by atoms with Crippen LogP contribution in [0.1, 0.15) is 103 Å². The quantitative estimate of drug-likeness (QED) is 0.154. The van der Waals surface area contributed by atoms with E-state index in [9.17, 15) is 19.0 Å². The molecule has 4 atom stereocenters. The van der Waals surface area contributed by atoms with Crippen LogP contribution in [0.5, 0.6) is 0 Å². The number of hydrogen-bond acceptors (Lipinski definition) is 6. The lowest BCUT2D eigenvalue weighted by Gasteiger charge is -2.47. The van der Waals surface area contributed by atoms with Gasteiger partial charge in [0.25, 0.3) is 0 Å². The van der Waals surface area contributed by atoms with Gasteiger partial charge >= 0.3 is 0 Å². The minimum absolute atomic E-state index is 0.0785. The first kappa shape index (κ1) is 46.5. The van der Waals surface area contributed by atoms with Gasteiger partial charge in [-0.2, -0.15) is 10.2 Å². The summed E-state index contributed by atoms with van der Waals surface area (Å²) in [6.45, 7) is 24.7. The van der Waals surface area contributed by atoms with Gasteiger partial charge in [-0.05, 0) is 171 Å². The van der Waals surface area contributed by atoms with Crippen LogP contribution in [0.25, 0.3) is 23.5 Å². The highest BCUT2D eigenvalue weighted by Crippen LogP contribution is 2.53. The maximum atomic E-state index is 13.4. The second-order valence-corrected chi connectivity index (χ2v) is 31.4. The highest BCUT2D eigenvalue weighted by molar-refractivity contribution is 6.74. The molecule has 2 aromatic heterocycles. The Morgan fingerprint density at radius 3 is 1.31 bits per heavy atom. The SMILES string of the molecule is CC(C)(C)[Si](C)(C)OC[C@]12Cc3cnn(-c4ccc(F)cc4)c3C=C1CC[C@@H](CO)C2.CC(C)(C)[Si](C)(C)OC[C@]12Cc3cnn(-c4ccc(F)cc4)c3C=C1CC[C@H](CO)C2. The summed E-state index contributed by atoms with van der Waals surface area (Å²) in [4.78, 5) is 0. The third kappa shape index (κ3) is 9.33. The minimum Gasteiger partial charge on any atom is -0.416 e. The van der Waals surface area contributed by atoms with Crippen LogP contribution in [0, 0.1) is 34.3 Å². The van der Waals surface area contributed by atoms with Crippen molar-refractivity contribution in [2.24, 2.45) is 22.7 Å². The van der Waals surface area contributed by atoms with Gasteiger partial charge < -0.3 is 19.1 Å². The fourth-order valence-electron chi connectivity index (χ4n) is 9.43. The highest BCUT2D eigenvalue weighted by atomic mass is 28.4. The monoisotopic (exact) mass is 884 g/mol. The number of rotatable bonds is 10. The number of fused-ring (bicyclic) bond motifs is 4. The number of halogens is 2. The number of aliphatic hydroxyl groups excluding tert-OH is 2. The molecule has 2 saturated carbocycles. The zero-order chi connectivity index (χ0) is 44.9. The van der Waals surface area contributed by atoms with Gasteiger partial charge in [0.05, 0.1) is 35.2 Å². The Balaban J connectivity index is 0.000000186. The van der Waals surface area contributed by atoms with Gasteiger partial charge in [0.15, 0.2) is 16.6 Å². The van der Waals surface area contributed by atoms with Gasteiger partial charge in [0.1, 0.15) is 11.6 Å². The molecule has 12 heteroatoms. The van der Waals surface area contributed by atoms with E-state index in [0.29, 0.717) is 25.0 Å². The second kappa shape index (κ2) is 17.5. The number of hydrogen-bond donors (Lipinski definition) is 2. The zero-order valence-corrected chi connectivity index (χ0v) is 40.8. The summed E-state index contributed by atoms with van der Waals surface area (Å²) in [6, 6.07) is 13.0. The van der Waals surface area contributed by atoms with E-state index in [1.807, 2.05) is 21.8 Å². The Bertz CT molecular complexity index is 2110. The van der Waals surface area contributed by atoms with Crippen LogP contribution in [0.2, 0.25) is 36.3 Å². The Morgan fingerprint density at radius 1 is 0.629 bits per heavy atom. The first-order valence-electron chi connectivity index (χ1n) is 22.7. The van der Waals surface area contributed by atoms with Gasteiger partial charge in [-0.25, -0.2) is 18.1 Å². The molecule has 62 heavy (non-hydrogen) atoms. The first-order chi connectivity index (χ1) is 29.1. The van der Waals surface area contributed by atoms with Crippen LogP contribution < -0.4 is 0 Å². The molecule has 8 nitrogen and oxygen atoms in total. The topological polar surface area (TPSA) is 94.6 Å². The lowest BCUT2D eigenvalue weighted by molar-refractivity contribution is 0.0838. The Kier molecular flexibility index (Phi) is 13.1. The molecule has 0 unspecified atom stereocenters. The van der Waals surface area contributed by atoms with E-state index in [4.69, 9.17) is 8.85 Å². The molecule has 8 rings (SSSR count). The molecule has 336 valence electrons. The van der Waals surface area contributed by atoms with E-state index < -0.39 is 16.6 Å². The van der Waals surface area contributed by atoms with Crippen molar-refractivity contribution in [3.05, 3.63) is 106 Å². The van der Waals surface area contributed by atoms with Crippen LogP contribution >= 0.6 is 0 Å². The third-order valence-corrected chi connectivity index (χ3v) is 24.5. The summed E-state index contributed by atoms with van der Waals surface area (Å²) in [5, 5.41) is 29.5. The van der Waals surface area contributed by atoms with Gasteiger partial charge in [0.2, 0.25) is 0 Å². The molecule has 2 N–H and O–H groups in total. The maximum Gasteiger partial charge on any atom is 0.192 e. The average molecular weight is 885 g/mol. The van der Waals surface area contributed by atoms with Crippen molar-refractivity contribution in [3.8, 4) is 11.4 Å². The van der Waals surface area contributed by atoms with Crippen LogP contribution in [-0.4, -0.2) is 72.8 Å². The van der Waals surface area contributed by atoms with Crippen molar-refractivity contribution in [2.75, 3.05) is 26.4 Å². The third-order valence-electron chi connectivity index (χ3n) is 15.5. The van der Waals surface area contributed by atoms with Crippen molar-refractivity contribution in [1.82, 2.24) is 19.6 Å². The fraction of sp³-hybridized carbons (Fsp3) is 0.560. The minimum atomic E-state index is -1.89. The molecule has 4 aliphatic carbocycles. The van der Waals surface area contributed by atoms with Gasteiger partial charge in [-0.15, -0.1) is 0 Å². The Hall–Kier alpha value is -3.53. The molecule has 2 heterocycles. The van der Waals surface area contributed by atoms with Crippen molar-refractivity contribution in [2.45, 2.75) is 129 Å². The lowest BCUT2D eigenvalue weighted by atomic mass is 9.62. The average Bonchev–Trinajstić information content (AvgIpc) is 3.83. The molecular weight excluding hydrogens is 815 g/mol.